The highest BCUT2D eigenvalue weighted by molar-refractivity contribution is 5.94. The highest BCUT2D eigenvalue weighted by Gasteiger charge is 2.44. The number of hydrogen-bond acceptors (Lipinski definition) is 3. The van der Waals surface area contributed by atoms with Gasteiger partial charge in [-0.2, -0.15) is 0 Å². The lowest BCUT2D eigenvalue weighted by molar-refractivity contribution is -0.0515. The summed E-state index contributed by atoms with van der Waals surface area (Å²) in [5.74, 6) is 0.0202. The maximum absolute atomic E-state index is 12.5. The van der Waals surface area contributed by atoms with Crippen LogP contribution in [0.5, 0.6) is 0 Å². The highest BCUT2D eigenvalue weighted by atomic mass is 16.5. The van der Waals surface area contributed by atoms with E-state index in [9.17, 15) is 4.79 Å². The molecule has 2 saturated heterocycles. The van der Waals surface area contributed by atoms with E-state index < -0.39 is 0 Å². The number of nitrogens with zero attached hydrogens (tertiary/aromatic N) is 1. The van der Waals surface area contributed by atoms with E-state index in [0.717, 1.165) is 44.5 Å². The van der Waals surface area contributed by atoms with Gasteiger partial charge in [0.1, 0.15) is 0 Å². The molecular formula is C19H28N2O2. The fourth-order valence-corrected chi connectivity index (χ4v) is 3.94. The second-order valence-electron chi connectivity index (χ2n) is 7.21. The van der Waals surface area contributed by atoms with Crippen LogP contribution in [0.2, 0.25) is 0 Å². The van der Waals surface area contributed by atoms with Crippen molar-refractivity contribution in [1.82, 2.24) is 10.2 Å². The molecule has 1 amide bonds. The third-order valence-corrected chi connectivity index (χ3v) is 5.63. The molecule has 2 heterocycles. The second kappa shape index (κ2) is 7.02. The topological polar surface area (TPSA) is 41.6 Å². The van der Waals surface area contributed by atoms with Crippen LogP contribution < -0.4 is 5.32 Å². The first-order valence-corrected chi connectivity index (χ1v) is 8.78. The second-order valence-corrected chi connectivity index (χ2v) is 7.21. The number of carbonyl (C=O) groups is 1. The molecule has 0 saturated carbocycles. The van der Waals surface area contributed by atoms with Crippen molar-refractivity contribution in [2.75, 3.05) is 26.3 Å². The van der Waals surface area contributed by atoms with Crippen molar-refractivity contribution in [2.45, 2.75) is 45.2 Å². The van der Waals surface area contributed by atoms with Gasteiger partial charge < -0.3 is 15.0 Å². The monoisotopic (exact) mass is 316 g/mol. The van der Waals surface area contributed by atoms with E-state index in [0.29, 0.717) is 12.6 Å². The zero-order valence-electron chi connectivity index (χ0n) is 14.3. The first-order valence-electron chi connectivity index (χ1n) is 8.78. The summed E-state index contributed by atoms with van der Waals surface area (Å²) in [6, 6.07) is 10.2. The van der Waals surface area contributed by atoms with E-state index in [4.69, 9.17) is 4.74 Å². The Morgan fingerprint density at radius 3 is 2.57 bits per heavy atom. The summed E-state index contributed by atoms with van der Waals surface area (Å²) in [6.07, 6.45) is 3.35. The summed E-state index contributed by atoms with van der Waals surface area (Å²) >= 11 is 0. The molecule has 1 aromatic carbocycles. The van der Waals surface area contributed by atoms with Crippen LogP contribution in [-0.2, 0) is 4.74 Å². The number of nitrogens with one attached hydrogen (secondary N) is 1. The van der Waals surface area contributed by atoms with Crippen molar-refractivity contribution in [3.8, 4) is 0 Å². The molecule has 1 N–H and O–H groups in total. The molecule has 126 valence electrons. The summed E-state index contributed by atoms with van der Waals surface area (Å²) in [5.41, 5.74) is 0.932. The Bertz CT molecular complexity index is 521. The lowest BCUT2D eigenvalue weighted by atomic mass is 9.69. The van der Waals surface area contributed by atoms with Crippen molar-refractivity contribution >= 4 is 5.91 Å². The number of hydrogen-bond donors (Lipinski definition) is 1. The maximum atomic E-state index is 12.5. The first kappa shape index (κ1) is 16.5. The lowest BCUT2D eigenvalue weighted by Crippen LogP contribution is -2.58. The van der Waals surface area contributed by atoms with Gasteiger partial charge in [-0.25, -0.2) is 0 Å². The van der Waals surface area contributed by atoms with E-state index in [-0.39, 0.29) is 17.4 Å². The molecule has 2 aliphatic rings. The molecule has 3 rings (SSSR count). The Morgan fingerprint density at radius 1 is 1.22 bits per heavy atom. The van der Waals surface area contributed by atoms with Gasteiger partial charge in [-0.05, 0) is 63.7 Å². The van der Waals surface area contributed by atoms with Gasteiger partial charge in [0.05, 0.1) is 12.6 Å². The van der Waals surface area contributed by atoms with Crippen LogP contribution >= 0.6 is 0 Å². The number of carbonyl (C=O) groups excluding carboxylic acids is 1. The zero-order valence-corrected chi connectivity index (χ0v) is 14.3. The van der Waals surface area contributed by atoms with Crippen molar-refractivity contribution < 1.29 is 9.53 Å². The Kier molecular flexibility index (Phi) is 5.02. The molecule has 0 radical (unpaired) electrons. The molecule has 1 spiro atoms. The molecule has 1 atom stereocenters. The number of benzene rings is 1. The quantitative estimate of drug-likeness (QED) is 0.932. The van der Waals surface area contributed by atoms with E-state index in [1.165, 1.54) is 0 Å². The number of likely N-dealkylation sites (tertiary alicyclic amines) is 1. The van der Waals surface area contributed by atoms with Crippen LogP contribution in [0.4, 0.5) is 0 Å². The van der Waals surface area contributed by atoms with E-state index >= 15 is 0 Å². The summed E-state index contributed by atoms with van der Waals surface area (Å²) in [6.45, 7) is 8.22. The summed E-state index contributed by atoms with van der Waals surface area (Å²) in [5, 5.41) is 3.26. The molecule has 0 unspecified atom stereocenters. The SMILES string of the molecule is CC(C)N1CCC2(CCOC[C@H]2NC(=O)c2ccccc2)CC1. The van der Waals surface area contributed by atoms with Gasteiger partial charge in [0.2, 0.25) is 0 Å². The molecular weight excluding hydrogens is 288 g/mol. The van der Waals surface area contributed by atoms with Gasteiger partial charge in [-0.1, -0.05) is 18.2 Å². The summed E-state index contributed by atoms with van der Waals surface area (Å²) in [4.78, 5) is 15.1. The number of rotatable bonds is 3. The Morgan fingerprint density at radius 2 is 1.91 bits per heavy atom. The molecule has 2 fully saturated rings. The lowest BCUT2D eigenvalue weighted by Gasteiger charge is -2.49. The molecule has 23 heavy (non-hydrogen) atoms. The maximum Gasteiger partial charge on any atom is 0.251 e. The minimum absolute atomic E-state index is 0.0202. The van der Waals surface area contributed by atoms with Crippen molar-refractivity contribution in [3.63, 3.8) is 0 Å². The van der Waals surface area contributed by atoms with E-state index in [1.807, 2.05) is 30.3 Å². The average molecular weight is 316 g/mol. The molecule has 0 aliphatic carbocycles. The van der Waals surface area contributed by atoms with Gasteiger partial charge in [0.15, 0.2) is 0 Å². The molecule has 1 aromatic rings. The van der Waals surface area contributed by atoms with Crippen LogP contribution in [0, 0.1) is 5.41 Å². The van der Waals surface area contributed by atoms with Crippen molar-refractivity contribution in [2.24, 2.45) is 5.41 Å². The standard InChI is InChI=1S/C19H28N2O2/c1-15(2)21-11-8-19(9-12-21)10-13-23-14-17(19)20-18(22)16-6-4-3-5-7-16/h3-7,15,17H,8-14H2,1-2H3,(H,20,22)/t17-/m1/s1. The van der Waals surface area contributed by atoms with E-state index in [2.05, 4.69) is 24.1 Å². The van der Waals surface area contributed by atoms with Crippen LogP contribution in [0.3, 0.4) is 0 Å². The molecule has 4 nitrogen and oxygen atoms in total. The van der Waals surface area contributed by atoms with Crippen LogP contribution in [0.25, 0.3) is 0 Å². The van der Waals surface area contributed by atoms with E-state index in [1.54, 1.807) is 0 Å². The number of amides is 1. The van der Waals surface area contributed by atoms with Gasteiger partial charge in [0, 0.05) is 18.2 Å². The predicted molar refractivity (Wildman–Crippen MR) is 91.5 cm³/mol. The smallest absolute Gasteiger partial charge is 0.251 e. The van der Waals surface area contributed by atoms with Crippen LogP contribution in [0.15, 0.2) is 30.3 Å². The summed E-state index contributed by atoms with van der Waals surface area (Å²) in [7, 11) is 0. The molecule has 4 heteroatoms. The van der Waals surface area contributed by atoms with Gasteiger partial charge in [0.25, 0.3) is 5.91 Å². The third-order valence-electron chi connectivity index (χ3n) is 5.63. The first-order chi connectivity index (χ1) is 11.1. The minimum Gasteiger partial charge on any atom is -0.379 e. The Hall–Kier alpha value is -1.39. The number of piperidine rings is 1. The van der Waals surface area contributed by atoms with Gasteiger partial charge in [-0.3, -0.25) is 4.79 Å². The third kappa shape index (κ3) is 3.59. The predicted octanol–water partition coefficient (Wildman–Crippen LogP) is 2.70. The van der Waals surface area contributed by atoms with Gasteiger partial charge in [-0.15, -0.1) is 0 Å². The van der Waals surface area contributed by atoms with Crippen molar-refractivity contribution in [1.29, 1.82) is 0 Å². The average Bonchev–Trinajstić information content (AvgIpc) is 2.58. The fraction of sp³-hybridized carbons (Fsp3) is 0.632. The van der Waals surface area contributed by atoms with Crippen molar-refractivity contribution in [3.05, 3.63) is 35.9 Å². The van der Waals surface area contributed by atoms with Crippen LogP contribution in [0.1, 0.15) is 43.5 Å². The molecule has 0 aromatic heterocycles. The van der Waals surface area contributed by atoms with Gasteiger partial charge >= 0.3 is 0 Å². The zero-order chi connectivity index (χ0) is 16.3. The summed E-state index contributed by atoms with van der Waals surface area (Å²) < 4.78 is 5.69. The molecule has 2 aliphatic heterocycles. The number of ether oxygens (including phenoxy) is 1. The van der Waals surface area contributed by atoms with Crippen LogP contribution in [-0.4, -0.2) is 49.2 Å². The largest absolute Gasteiger partial charge is 0.379 e. The Balaban J connectivity index is 1.69. The fourth-order valence-electron chi connectivity index (χ4n) is 3.94. The Labute approximate surface area is 139 Å². The molecule has 0 bridgehead atoms. The minimum atomic E-state index is 0.0202. The highest BCUT2D eigenvalue weighted by Crippen LogP contribution is 2.41. The normalized spacial score (nSPS) is 24.7.